The van der Waals surface area contributed by atoms with E-state index in [9.17, 15) is 13.2 Å². The third-order valence-electron chi connectivity index (χ3n) is 7.28. The zero-order valence-corrected chi connectivity index (χ0v) is 25.5. The van der Waals surface area contributed by atoms with E-state index in [-0.39, 0.29) is 17.3 Å². The van der Waals surface area contributed by atoms with E-state index in [0.29, 0.717) is 19.3 Å². The molecule has 9 heteroatoms. The van der Waals surface area contributed by atoms with Crippen molar-refractivity contribution in [2.75, 3.05) is 12.3 Å². The second kappa shape index (κ2) is 11.5. The van der Waals surface area contributed by atoms with Crippen LogP contribution in [0.4, 0.5) is 4.79 Å². The van der Waals surface area contributed by atoms with Gasteiger partial charge < -0.3 is 19.8 Å². The third kappa shape index (κ3) is 8.04. The van der Waals surface area contributed by atoms with Gasteiger partial charge in [-0.3, -0.25) is 0 Å². The summed E-state index contributed by atoms with van der Waals surface area (Å²) in [5, 5.41) is -0.745. The van der Waals surface area contributed by atoms with Gasteiger partial charge in [-0.25, -0.2) is 13.2 Å². The molecule has 0 spiro atoms. The van der Waals surface area contributed by atoms with Crippen molar-refractivity contribution in [2.24, 2.45) is 5.73 Å². The fraction of sp³-hybridized carbons (Fsp3) is 0.741. The molecule has 4 atom stereocenters. The van der Waals surface area contributed by atoms with Crippen molar-refractivity contribution in [3.63, 3.8) is 0 Å². The molecule has 0 saturated carbocycles. The Hall–Kier alpha value is -1.42. The minimum Gasteiger partial charge on any atom is -0.444 e. The number of likely N-dealkylation sites (tertiary alicyclic amines) is 1. The quantitative estimate of drug-likeness (QED) is 0.435. The molecule has 7 nitrogen and oxygen atoms in total. The average molecular weight is 541 g/mol. The van der Waals surface area contributed by atoms with Gasteiger partial charge in [0.1, 0.15) is 5.60 Å². The summed E-state index contributed by atoms with van der Waals surface area (Å²) in [6, 6.07) is 9.04. The molecule has 1 aromatic carbocycles. The van der Waals surface area contributed by atoms with Crippen LogP contribution in [0.3, 0.4) is 0 Å². The maximum Gasteiger partial charge on any atom is 0.410 e. The van der Waals surface area contributed by atoms with Crippen LogP contribution < -0.4 is 5.73 Å². The first-order valence-electron chi connectivity index (χ1n) is 13.1. The Morgan fingerprint density at radius 2 is 1.72 bits per heavy atom. The predicted octanol–water partition coefficient (Wildman–Crippen LogP) is 5.15. The van der Waals surface area contributed by atoms with E-state index >= 15 is 0 Å². The Balaban J connectivity index is 2.51. The lowest BCUT2D eigenvalue weighted by molar-refractivity contribution is 0.00347. The Morgan fingerprint density at radius 1 is 1.14 bits per heavy atom. The molecule has 0 bridgehead atoms. The summed E-state index contributed by atoms with van der Waals surface area (Å²) in [5.74, 6) is 0.0936. The van der Waals surface area contributed by atoms with Gasteiger partial charge in [-0.15, -0.1) is 0 Å². The molecule has 206 valence electrons. The molecule has 2 rings (SSSR count). The Bertz CT molecular complexity index is 970. The van der Waals surface area contributed by atoms with Gasteiger partial charge in [0.15, 0.2) is 18.2 Å². The van der Waals surface area contributed by atoms with Gasteiger partial charge in [0.05, 0.1) is 23.1 Å². The maximum atomic E-state index is 13.4. The highest BCUT2D eigenvalue weighted by molar-refractivity contribution is 7.92. The number of amides is 1. The summed E-state index contributed by atoms with van der Waals surface area (Å²) in [4.78, 5) is 14.9. The minimum absolute atomic E-state index is 0.0826. The van der Waals surface area contributed by atoms with E-state index in [4.69, 9.17) is 14.9 Å². The lowest BCUT2D eigenvalue weighted by Gasteiger charge is -2.44. The van der Waals surface area contributed by atoms with Gasteiger partial charge in [0.2, 0.25) is 0 Å². The van der Waals surface area contributed by atoms with Crippen LogP contribution in [-0.2, 0) is 25.4 Å². The van der Waals surface area contributed by atoms with E-state index in [0.717, 1.165) is 5.56 Å². The zero-order chi connectivity index (χ0) is 27.5. The summed E-state index contributed by atoms with van der Waals surface area (Å²) < 4.78 is 38.9. The molecule has 1 aliphatic rings. The molecule has 0 radical (unpaired) electrons. The number of nitrogens with two attached hydrogens (primary N) is 1. The third-order valence-corrected chi connectivity index (χ3v) is 14.1. The second-order valence-electron chi connectivity index (χ2n) is 12.6. The monoisotopic (exact) mass is 540 g/mol. The molecule has 1 aromatic rings. The highest BCUT2D eigenvalue weighted by atomic mass is 32.2. The maximum absolute atomic E-state index is 13.4. The molecule has 2 N–H and O–H groups in total. The largest absolute Gasteiger partial charge is 0.444 e. The van der Waals surface area contributed by atoms with E-state index < -0.39 is 53.3 Å². The van der Waals surface area contributed by atoms with Gasteiger partial charge in [0.25, 0.3) is 0 Å². The summed E-state index contributed by atoms with van der Waals surface area (Å²) in [5.41, 5.74) is 7.22. The highest BCUT2D eigenvalue weighted by Gasteiger charge is 2.50. The summed E-state index contributed by atoms with van der Waals surface area (Å²) in [6.45, 7) is 18.2. The highest BCUT2D eigenvalue weighted by Crippen LogP contribution is 2.40. The number of carbonyl (C=O) groups excluding carboxylic acids is 1. The van der Waals surface area contributed by atoms with Crippen LogP contribution in [0.5, 0.6) is 0 Å². The number of sulfone groups is 1. The van der Waals surface area contributed by atoms with E-state index in [2.05, 4.69) is 33.9 Å². The van der Waals surface area contributed by atoms with Crippen molar-refractivity contribution in [1.82, 2.24) is 4.90 Å². The number of hydrogen-bond acceptors (Lipinski definition) is 6. The molecule has 2 unspecified atom stereocenters. The predicted molar refractivity (Wildman–Crippen MR) is 149 cm³/mol. The van der Waals surface area contributed by atoms with Gasteiger partial charge >= 0.3 is 6.09 Å². The number of benzene rings is 1. The summed E-state index contributed by atoms with van der Waals surface area (Å²) in [6.07, 6.45) is 0.347. The first-order valence-corrected chi connectivity index (χ1v) is 17.7. The van der Waals surface area contributed by atoms with Crippen molar-refractivity contribution < 1.29 is 22.4 Å². The molecule has 1 aliphatic heterocycles. The lowest BCUT2D eigenvalue weighted by Crippen LogP contribution is -2.58. The average Bonchev–Trinajstić information content (AvgIpc) is 3.17. The lowest BCUT2D eigenvalue weighted by atomic mass is 9.96. The van der Waals surface area contributed by atoms with E-state index in [1.165, 1.54) is 0 Å². The van der Waals surface area contributed by atoms with Gasteiger partial charge in [-0.05, 0) is 63.7 Å². The van der Waals surface area contributed by atoms with Crippen LogP contribution in [0, 0.1) is 0 Å². The van der Waals surface area contributed by atoms with Crippen molar-refractivity contribution >= 4 is 24.2 Å². The molecule has 0 aromatic heterocycles. The number of carbonyl (C=O) groups is 1. The minimum atomic E-state index is -3.38. The van der Waals surface area contributed by atoms with Crippen LogP contribution in [0.2, 0.25) is 18.1 Å². The van der Waals surface area contributed by atoms with Crippen LogP contribution in [0.1, 0.15) is 66.9 Å². The molecule has 0 aliphatic carbocycles. The fourth-order valence-electron chi connectivity index (χ4n) is 4.35. The SMILES string of the molecule is CCCS(=O)(=O)C1CC([C@@H](O[Si](C)(C)C(C)(C)C)[C@@H](N)Cc2ccccc2)N(C(=O)OC(C)(C)C)C1. The van der Waals surface area contributed by atoms with E-state index in [1.54, 1.807) is 4.90 Å². The van der Waals surface area contributed by atoms with Crippen LogP contribution in [0.15, 0.2) is 30.3 Å². The molecular formula is C27H48N2O5SSi. The zero-order valence-electron chi connectivity index (χ0n) is 23.7. The first kappa shape index (κ1) is 30.8. The van der Waals surface area contributed by atoms with Gasteiger partial charge in [0, 0.05) is 12.6 Å². The van der Waals surface area contributed by atoms with E-state index in [1.807, 2.05) is 58.0 Å². The topological polar surface area (TPSA) is 98.9 Å². The number of hydrogen-bond donors (Lipinski definition) is 1. The van der Waals surface area contributed by atoms with Crippen molar-refractivity contribution in [3.05, 3.63) is 35.9 Å². The molecule has 1 heterocycles. The number of rotatable bonds is 9. The smallest absolute Gasteiger partial charge is 0.410 e. The standard InChI is InChI=1S/C27H48N2O5SSi/c1-10-16-35(31,32)21-18-23(29(19-21)25(30)33-26(2,3)4)24(34-36(8,9)27(5,6)7)22(28)17-20-14-12-11-13-15-20/h11-15,21-24H,10,16-19,28H2,1-9H3/t21?,22-,23?,24-/m0/s1. The fourth-order valence-corrected chi connectivity index (χ4v) is 7.50. The van der Waals surface area contributed by atoms with Crippen LogP contribution >= 0.6 is 0 Å². The molecule has 36 heavy (non-hydrogen) atoms. The number of ether oxygens (including phenoxy) is 1. The first-order chi connectivity index (χ1) is 16.4. The second-order valence-corrected chi connectivity index (χ2v) is 19.8. The summed E-state index contributed by atoms with van der Waals surface area (Å²) >= 11 is 0. The van der Waals surface area contributed by atoms with Crippen molar-refractivity contribution in [3.8, 4) is 0 Å². The normalized spacial score (nSPS) is 21.3. The van der Waals surface area contributed by atoms with Gasteiger partial charge in [-0.2, -0.15) is 0 Å². The Morgan fingerprint density at radius 3 is 2.22 bits per heavy atom. The molecular weight excluding hydrogens is 492 g/mol. The molecule has 1 saturated heterocycles. The van der Waals surface area contributed by atoms with Gasteiger partial charge in [-0.1, -0.05) is 58.0 Å². The van der Waals surface area contributed by atoms with Crippen molar-refractivity contribution in [2.45, 2.75) is 115 Å². The Kier molecular flexibility index (Phi) is 9.87. The summed E-state index contributed by atoms with van der Waals surface area (Å²) in [7, 11) is -5.70. The molecule has 1 fully saturated rings. The number of nitrogens with zero attached hydrogens (tertiary/aromatic N) is 1. The molecule has 1 amide bonds. The van der Waals surface area contributed by atoms with Crippen LogP contribution in [0.25, 0.3) is 0 Å². The van der Waals surface area contributed by atoms with Crippen LogP contribution in [-0.4, -0.2) is 69.1 Å². The van der Waals surface area contributed by atoms with Crippen molar-refractivity contribution in [1.29, 1.82) is 0 Å². The Labute approximate surface area is 220 Å².